The first kappa shape index (κ1) is 33.3. The summed E-state index contributed by atoms with van der Waals surface area (Å²) in [5.41, 5.74) is 13.0. The molecule has 0 N–H and O–H groups in total. The highest BCUT2D eigenvalue weighted by molar-refractivity contribution is 6.11. The number of nitrogens with zero attached hydrogens (tertiary/aromatic N) is 2. The molecule has 0 saturated heterocycles. The minimum absolute atomic E-state index is 0.655. The van der Waals surface area contributed by atoms with Gasteiger partial charge < -0.3 is 18.9 Å². The van der Waals surface area contributed by atoms with Crippen LogP contribution in [-0.2, 0) is 5.41 Å². The maximum atomic E-state index is 6.79. The fourth-order valence-electron chi connectivity index (χ4n) is 9.66. The summed E-state index contributed by atoms with van der Waals surface area (Å²) in [5.74, 6) is 2.91. The minimum Gasteiger partial charge on any atom is -0.449 e. The van der Waals surface area contributed by atoms with E-state index in [0.29, 0.717) is 5.75 Å². The predicted molar refractivity (Wildman–Crippen MR) is 239 cm³/mol. The summed E-state index contributed by atoms with van der Waals surface area (Å²) in [6.45, 7) is 0. The number of hydrogen-bond donors (Lipinski definition) is 0. The van der Waals surface area contributed by atoms with E-state index in [2.05, 4.69) is 204 Å². The molecular formula is C55H36N2O2. The third-order valence-corrected chi connectivity index (χ3v) is 12.1. The number of benzene rings is 9. The molecule has 10 aromatic rings. The fourth-order valence-corrected chi connectivity index (χ4v) is 9.66. The first-order valence-electron chi connectivity index (χ1n) is 20.1. The second kappa shape index (κ2) is 13.1. The molecular weight excluding hydrogens is 721 g/mol. The normalized spacial score (nSPS) is 14.8. The van der Waals surface area contributed by atoms with Gasteiger partial charge in [0.2, 0.25) is 0 Å². The van der Waals surface area contributed by atoms with E-state index in [-0.39, 0.29) is 0 Å². The molecule has 1 atom stereocenters. The predicted octanol–water partition coefficient (Wildman–Crippen LogP) is 14.5. The Bertz CT molecular complexity index is 3170. The van der Waals surface area contributed by atoms with Crippen LogP contribution in [0.1, 0.15) is 22.3 Å². The second-order valence-electron chi connectivity index (χ2n) is 15.2. The van der Waals surface area contributed by atoms with Crippen LogP contribution in [0, 0.1) is 0 Å². The van der Waals surface area contributed by atoms with Gasteiger partial charge in [0, 0.05) is 39.1 Å². The lowest BCUT2D eigenvalue weighted by Crippen LogP contribution is -2.28. The van der Waals surface area contributed by atoms with Gasteiger partial charge in [-0.05, 0) is 101 Å². The third kappa shape index (κ3) is 4.96. The Morgan fingerprint density at radius 1 is 0.390 bits per heavy atom. The number of ether oxygens (including phenoxy) is 2. The molecule has 12 rings (SSSR count). The van der Waals surface area contributed by atoms with Crippen LogP contribution < -0.4 is 14.4 Å². The number of anilines is 3. The van der Waals surface area contributed by atoms with Crippen molar-refractivity contribution in [2.75, 3.05) is 4.90 Å². The average molecular weight is 757 g/mol. The lowest BCUT2D eigenvalue weighted by molar-refractivity contribution is 0.360. The van der Waals surface area contributed by atoms with Crippen molar-refractivity contribution in [2.24, 2.45) is 0 Å². The highest BCUT2D eigenvalue weighted by atomic mass is 16.6. The van der Waals surface area contributed by atoms with Gasteiger partial charge in [0.05, 0.1) is 16.4 Å². The minimum atomic E-state index is -0.655. The molecule has 1 unspecified atom stereocenters. The number of para-hydroxylation sites is 5. The first-order chi connectivity index (χ1) is 29.3. The van der Waals surface area contributed by atoms with Gasteiger partial charge in [0.25, 0.3) is 0 Å². The summed E-state index contributed by atoms with van der Waals surface area (Å²) in [4.78, 5) is 2.33. The van der Waals surface area contributed by atoms with Gasteiger partial charge in [0.15, 0.2) is 23.0 Å². The maximum absolute atomic E-state index is 6.79. The Morgan fingerprint density at radius 3 is 1.68 bits per heavy atom. The molecule has 0 spiro atoms. The summed E-state index contributed by atoms with van der Waals surface area (Å²) < 4.78 is 15.7. The highest BCUT2D eigenvalue weighted by Crippen LogP contribution is 2.62. The lowest BCUT2D eigenvalue weighted by atomic mass is 9.67. The van der Waals surface area contributed by atoms with Crippen molar-refractivity contribution >= 4 is 38.9 Å². The van der Waals surface area contributed by atoms with Crippen LogP contribution in [0.4, 0.5) is 17.1 Å². The van der Waals surface area contributed by atoms with Crippen LogP contribution in [-0.4, -0.2) is 4.57 Å². The summed E-state index contributed by atoms with van der Waals surface area (Å²) >= 11 is 0. The van der Waals surface area contributed by atoms with Crippen molar-refractivity contribution in [3.05, 3.63) is 241 Å². The molecule has 0 fully saturated rings. The molecule has 0 saturated carbocycles. The first-order valence-corrected chi connectivity index (χ1v) is 20.1. The summed E-state index contributed by atoms with van der Waals surface area (Å²) in [7, 11) is 0. The molecule has 278 valence electrons. The molecule has 1 aliphatic heterocycles. The van der Waals surface area contributed by atoms with E-state index in [1.54, 1.807) is 0 Å². The van der Waals surface area contributed by atoms with Crippen molar-refractivity contribution < 1.29 is 9.47 Å². The molecule has 59 heavy (non-hydrogen) atoms. The van der Waals surface area contributed by atoms with Gasteiger partial charge in [0.1, 0.15) is 0 Å². The van der Waals surface area contributed by atoms with Gasteiger partial charge in [-0.1, -0.05) is 146 Å². The van der Waals surface area contributed by atoms with Gasteiger partial charge in [-0.3, -0.25) is 0 Å². The Labute approximate surface area is 342 Å². The van der Waals surface area contributed by atoms with Crippen LogP contribution in [0.3, 0.4) is 0 Å². The molecule has 4 nitrogen and oxygen atoms in total. The molecule has 0 radical (unpaired) electrons. The van der Waals surface area contributed by atoms with Crippen molar-refractivity contribution in [1.29, 1.82) is 0 Å². The van der Waals surface area contributed by atoms with E-state index < -0.39 is 5.41 Å². The van der Waals surface area contributed by atoms with E-state index >= 15 is 0 Å². The zero-order valence-corrected chi connectivity index (χ0v) is 32.0. The zero-order chi connectivity index (χ0) is 38.9. The number of aromatic nitrogens is 1. The molecule has 0 amide bonds. The van der Waals surface area contributed by atoms with Gasteiger partial charge in [-0.15, -0.1) is 0 Å². The van der Waals surface area contributed by atoms with Crippen LogP contribution in [0.25, 0.3) is 38.6 Å². The van der Waals surface area contributed by atoms with Crippen LogP contribution in [0.5, 0.6) is 23.0 Å². The molecule has 9 aromatic carbocycles. The zero-order valence-electron chi connectivity index (χ0n) is 32.0. The van der Waals surface area contributed by atoms with Crippen molar-refractivity contribution in [2.45, 2.75) is 5.41 Å². The smallest absolute Gasteiger partial charge is 0.178 e. The summed E-state index contributed by atoms with van der Waals surface area (Å²) in [6.07, 6.45) is 0. The van der Waals surface area contributed by atoms with E-state index in [4.69, 9.17) is 9.47 Å². The van der Waals surface area contributed by atoms with Crippen LogP contribution in [0.2, 0.25) is 0 Å². The summed E-state index contributed by atoms with van der Waals surface area (Å²) in [6, 6.07) is 77.9. The second-order valence-corrected chi connectivity index (χ2v) is 15.2. The topological polar surface area (TPSA) is 26.6 Å². The Kier molecular flexibility index (Phi) is 7.41. The van der Waals surface area contributed by atoms with Crippen LogP contribution in [0.15, 0.2) is 218 Å². The van der Waals surface area contributed by atoms with Crippen LogP contribution >= 0.6 is 0 Å². The largest absolute Gasteiger partial charge is 0.449 e. The van der Waals surface area contributed by atoms with Gasteiger partial charge in [-0.2, -0.15) is 0 Å². The SMILES string of the molecule is c1ccc(N(c2ccccc2)c2ccc3c4ccc(C5(c6ccccc6)c6ccccc6-c6c5ccc5c6Oc6ccccc6O5)cc4n(-c4ccccc4)c3c2)cc1. The molecule has 2 heterocycles. The van der Waals surface area contributed by atoms with E-state index in [0.717, 1.165) is 67.7 Å². The van der Waals surface area contributed by atoms with Crippen molar-refractivity contribution in [3.63, 3.8) is 0 Å². The Morgan fingerprint density at radius 2 is 0.966 bits per heavy atom. The summed E-state index contributed by atoms with van der Waals surface area (Å²) in [5, 5.41) is 2.39. The van der Waals surface area contributed by atoms with E-state index in [1.165, 1.54) is 27.5 Å². The highest BCUT2D eigenvalue weighted by Gasteiger charge is 2.48. The number of hydrogen-bond acceptors (Lipinski definition) is 3. The fraction of sp³-hybridized carbons (Fsp3) is 0.0182. The van der Waals surface area contributed by atoms with Crippen molar-refractivity contribution in [1.82, 2.24) is 4.57 Å². The van der Waals surface area contributed by atoms with E-state index in [9.17, 15) is 0 Å². The third-order valence-electron chi connectivity index (χ3n) is 12.1. The quantitative estimate of drug-likeness (QED) is 0.169. The monoisotopic (exact) mass is 756 g/mol. The molecule has 1 aromatic heterocycles. The Hall–Kier alpha value is -7.82. The standard InChI is InChI=1S/C55H36N2O2/c1-5-17-37(18-6-1)55(46-26-14-13-25-45(46)53-47(55)33-34-52-54(53)59-51-28-16-15-27-50(51)58-52)38-29-31-43-44-32-30-42(36-49(44)57(48(43)35-38)41-23-11-4-12-24-41)56(39-19-7-2-8-20-39)40-21-9-3-10-22-40/h1-36H. The van der Waals surface area contributed by atoms with Gasteiger partial charge >= 0.3 is 0 Å². The molecule has 2 aliphatic rings. The molecule has 0 bridgehead atoms. The van der Waals surface area contributed by atoms with E-state index in [1.807, 2.05) is 24.3 Å². The molecule has 4 heteroatoms. The van der Waals surface area contributed by atoms with Crippen molar-refractivity contribution in [3.8, 4) is 39.8 Å². The average Bonchev–Trinajstić information content (AvgIpc) is 3.80. The number of rotatable bonds is 6. The van der Waals surface area contributed by atoms with Gasteiger partial charge in [-0.25, -0.2) is 0 Å². The lowest BCUT2D eigenvalue weighted by Gasteiger charge is -2.34. The molecule has 1 aliphatic carbocycles. The maximum Gasteiger partial charge on any atom is 0.178 e. The Balaban J connectivity index is 1.14. The number of fused-ring (bicyclic) bond motifs is 9.